The van der Waals surface area contributed by atoms with E-state index in [0.717, 1.165) is 5.52 Å². The first-order valence-corrected chi connectivity index (χ1v) is 6.51. The highest BCUT2D eigenvalue weighted by Gasteiger charge is 2.10. The molecule has 0 atom stereocenters. The standard InChI is InChI=1S/C13H13N7O2/c1-8(21)16-11-5-20(19-18-11)6-12(22)17-10-4-2-3-9-13(10)15-7-14-9/h2-5,7H,6H2,1H3,(H,14,15)(H,16,21)(H,17,22). The molecule has 0 spiro atoms. The molecule has 0 aliphatic carbocycles. The number of nitrogens with one attached hydrogen (secondary N) is 3. The quantitative estimate of drug-likeness (QED) is 0.657. The zero-order valence-electron chi connectivity index (χ0n) is 11.7. The number of carbonyl (C=O) groups is 2. The SMILES string of the molecule is CC(=O)Nc1cn(CC(=O)Nc2cccc3[nH]cnc23)nn1. The van der Waals surface area contributed by atoms with Crippen LogP contribution in [0.1, 0.15) is 6.92 Å². The summed E-state index contributed by atoms with van der Waals surface area (Å²) in [5.41, 5.74) is 2.14. The van der Waals surface area contributed by atoms with Crippen molar-refractivity contribution in [1.82, 2.24) is 25.0 Å². The number of anilines is 2. The fourth-order valence-corrected chi connectivity index (χ4v) is 2.02. The number of H-pyrrole nitrogens is 1. The van der Waals surface area contributed by atoms with Gasteiger partial charge in [0.25, 0.3) is 0 Å². The lowest BCUT2D eigenvalue weighted by atomic mass is 10.2. The zero-order chi connectivity index (χ0) is 15.5. The van der Waals surface area contributed by atoms with Crippen molar-refractivity contribution in [2.24, 2.45) is 0 Å². The molecule has 0 aliphatic rings. The molecule has 2 amide bonds. The number of nitrogens with zero attached hydrogens (tertiary/aromatic N) is 4. The van der Waals surface area contributed by atoms with Gasteiger partial charge in [0.15, 0.2) is 5.82 Å². The summed E-state index contributed by atoms with van der Waals surface area (Å²) in [5, 5.41) is 12.8. The second kappa shape index (κ2) is 5.64. The van der Waals surface area contributed by atoms with Crippen LogP contribution in [0.4, 0.5) is 11.5 Å². The lowest BCUT2D eigenvalue weighted by molar-refractivity contribution is -0.117. The highest BCUT2D eigenvalue weighted by Crippen LogP contribution is 2.19. The summed E-state index contributed by atoms with van der Waals surface area (Å²) in [7, 11) is 0. The van der Waals surface area contributed by atoms with Gasteiger partial charge in [0.2, 0.25) is 11.8 Å². The van der Waals surface area contributed by atoms with Crippen LogP contribution in [0.5, 0.6) is 0 Å². The first-order chi connectivity index (χ1) is 10.6. The summed E-state index contributed by atoms with van der Waals surface area (Å²) in [6, 6.07) is 5.46. The number of fused-ring (bicyclic) bond motifs is 1. The van der Waals surface area contributed by atoms with Gasteiger partial charge in [0.05, 0.1) is 23.7 Å². The molecule has 2 heterocycles. The summed E-state index contributed by atoms with van der Waals surface area (Å²) in [5.74, 6) is -0.216. The van der Waals surface area contributed by atoms with Crippen LogP contribution in [0.15, 0.2) is 30.7 Å². The van der Waals surface area contributed by atoms with Gasteiger partial charge in [0, 0.05) is 6.92 Å². The molecule has 0 aliphatic heterocycles. The van der Waals surface area contributed by atoms with E-state index in [-0.39, 0.29) is 18.4 Å². The van der Waals surface area contributed by atoms with E-state index < -0.39 is 0 Å². The van der Waals surface area contributed by atoms with Crippen LogP contribution >= 0.6 is 0 Å². The smallest absolute Gasteiger partial charge is 0.246 e. The number of carbonyl (C=O) groups excluding carboxylic acids is 2. The van der Waals surface area contributed by atoms with Crippen LogP contribution in [0.25, 0.3) is 11.0 Å². The molecule has 3 aromatic rings. The van der Waals surface area contributed by atoms with E-state index in [4.69, 9.17) is 0 Å². The molecule has 3 rings (SSSR count). The highest BCUT2D eigenvalue weighted by atomic mass is 16.2. The third kappa shape index (κ3) is 2.92. The number of aromatic amines is 1. The van der Waals surface area contributed by atoms with E-state index in [9.17, 15) is 9.59 Å². The van der Waals surface area contributed by atoms with Crippen LogP contribution in [-0.2, 0) is 16.1 Å². The number of hydrogen-bond donors (Lipinski definition) is 3. The summed E-state index contributed by atoms with van der Waals surface area (Å²) in [4.78, 5) is 30.1. The van der Waals surface area contributed by atoms with E-state index in [2.05, 4.69) is 30.9 Å². The normalized spacial score (nSPS) is 10.6. The predicted octanol–water partition coefficient (Wildman–Crippen LogP) is 0.751. The minimum Gasteiger partial charge on any atom is -0.345 e. The van der Waals surface area contributed by atoms with Crippen LogP contribution < -0.4 is 10.6 Å². The van der Waals surface area contributed by atoms with Crippen molar-refractivity contribution in [1.29, 1.82) is 0 Å². The molecule has 112 valence electrons. The van der Waals surface area contributed by atoms with Crippen LogP contribution in [0.2, 0.25) is 0 Å². The van der Waals surface area contributed by atoms with E-state index >= 15 is 0 Å². The Morgan fingerprint density at radius 1 is 1.32 bits per heavy atom. The van der Waals surface area contributed by atoms with E-state index in [1.54, 1.807) is 12.4 Å². The Balaban J connectivity index is 1.68. The average molecular weight is 299 g/mol. The average Bonchev–Trinajstić information content (AvgIpc) is 3.07. The van der Waals surface area contributed by atoms with Gasteiger partial charge < -0.3 is 15.6 Å². The molecule has 1 aromatic carbocycles. The third-order valence-corrected chi connectivity index (χ3v) is 2.87. The Kier molecular flexibility index (Phi) is 3.52. The fourth-order valence-electron chi connectivity index (χ4n) is 2.02. The molecule has 3 N–H and O–H groups in total. The van der Waals surface area contributed by atoms with Gasteiger partial charge in [-0.25, -0.2) is 9.67 Å². The van der Waals surface area contributed by atoms with Crippen molar-refractivity contribution >= 4 is 34.4 Å². The number of rotatable bonds is 4. The summed E-state index contributed by atoms with van der Waals surface area (Å²) >= 11 is 0. The lowest BCUT2D eigenvalue weighted by Gasteiger charge is -2.05. The molecular weight excluding hydrogens is 286 g/mol. The van der Waals surface area contributed by atoms with Gasteiger partial charge >= 0.3 is 0 Å². The van der Waals surface area contributed by atoms with Gasteiger partial charge in [-0.1, -0.05) is 11.3 Å². The lowest BCUT2D eigenvalue weighted by Crippen LogP contribution is -2.19. The first kappa shape index (κ1) is 13.7. The van der Waals surface area contributed by atoms with Crippen molar-refractivity contribution in [2.45, 2.75) is 13.5 Å². The molecule has 0 unspecified atom stereocenters. The van der Waals surface area contributed by atoms with Gasteiger partial charge in [-0.15, -0.1) is 5.10 Å². The number of para-hydroxylation sites is 1. The molecule has 2 aromatic heterocycles. The third-order valence-electron chi connectivity index (χ3n) is 2.87. The maximum atomic E-state index is 12.1. The first-order valence-electron chi connectivity index (χ1n) is 6.51. The zero-order valence-corrected chi connectivity index (χ0v) is 11.7. The molecule has 22 heavy (non-hydrogen) atoms. The second-order valence-corrected chi connectivity index (χ2v) is 4.64. The van der Waals surface area contributed by atoms with Crippen molar-refractivity contribution in [3.05, 3.63) is 30.7 Å². The summed E-state index contributed by atoms with van der Waals surface area (Å²) < 4.78 is 1.34. The monoisotopic (exact) mass is 299 g/mol. The largest absolute Gasteiger partial charge is 0.345 e. The Morgan fingerprint density at radius 2 is 2.18 bits per heavy atom. The second-order valence-electron chi connectivity index (χ2n) is 4.64. The van der Waals surface area contributed by atoms with Crippen LogP contribution in [0.3, 0.4) is 0 Å². The minimum atomic E-state index is -0.269. The van der Waals surface area contributed by atoms with E-state index in [0.29, 0.717) is 17.0 Å². The highest BCUT2D eigenvalue weighted by molar-refractivity contribution is 5.99. The molecule has 9 nitrogen and oxygen atoms in total. The van der Waals surface area contributed by atoms with Gasteiger partial charge in [0.1, 0.15) is 12.1 Å². The number of hydrogen-bond acceptors (Lipinski definition) is 5. The molecule has 0 bridgehead atoms. The summed E-state index contributed by atoms with van der Waals surface area (Å²) in [6.45, 7) is 1.35. The molecule has 0 radical (unpaired) electrons. The van der Waals surface area contributed by atoms with Gasteiger partial charge in [-0.2, -0.15) is 0 Å². The van der Waals surface area contributed by atoms with Crippen LogP contribution in [-0.4, -0.2) is 36.8 Å². The maximum absolute atomic E-state index is 12.1. The van der Waals surface area contributed by atoms with Crippen molar-refractivity contribution < 1.29 is 9.59 Å². The van der Waals surface area contributed by atoms with Gasteiger partial charge in [-0.05, 0) is 12.1 Å². The Bertz CT molecular complexity index is 836. The molecule has 0 saturated heterocycles. The van der Waals surface area contributed by atoms with E-state index in [1.165, 1.54) is 17.8 Å². The molecule has 0 fully saturated rings. The number of aromatic nitrogens is 5. The molecular formula is C13H13N7O2. The Hall–Kier alpha value is -3.23. The predicted molar refractivity (Wildman–Crippen MR) is 79.0 cm³/mol. The maximum Gasteiger partial charge on any atom is 0.246 e. The van der Waals surface area contributed by atoms with Crippen molar-refractivity contribution in [3.8, 4) is 0 Å². The number of imidazole rings is 1. The number of amides is 2. The van der Waals surface area contributed by atoms with Gasteiger partial charge in [-0.3, -0.25) is 9.59 Å². The Labute approximate surface area is 124 Å². The fraction of sp³-hybridized carbons (Fsp3) is 0.154. The van der Waals surface area contributed by atoms with Crippen LogP contribution in [0, 0.1) is 0 Å². The minimum absolute atomic E-state index is 0.0204. The van der Waals surface area contributed by atoms with Crippen molar-refractivity contribution in [3.63, 3.8) is 0 Å². The van der Waals surface area contributed by atoms with Crippen molar-refractivity contribution in [2.75, 3.05) is 10.6 Å². The summed E-state index contributed by atoms with van der Waals surface area (Å²) in [6.07, 6.45) is 3.05. The number of benzene rings is 1. The molecule has 0 saturated carbocycles. The van der Waals surface area contributed by atoms with E-state index in [1.807, 2.05) is 12.1 Å². The topological polar surface area (TPSA) is 118 Å². The molecule has 9 heteroatoms. The Morgan fingerprint density at radius 3 is 3.00 bits per heavy atom.